The number of aromatic nitrogens is 7. The lowest BCUT2D eigenvalue weighted by Gasteiger charge is -2.34. The summed E-state index contributed by atoms with van der Waals surface area (Å²) in [5, 5.41) is 15.4. The molecule has 0 fully saturated rings. The Morgan fingerprint density at radius 2 is 1.76 bits per heavy atom. The highest BCUT2D eigenvalue weighted by Gasteiger charge is 2.31. The van der Waals surface area contributed by atoms with E-state index in [4.69, 9.17) is 9.97 Å². The van der Waals surface area contributed by atoms with Gasteiger partial charge in [0.25, 0.3) is 0 Å². The average molecular weight is 507 g/mol. The Morgan fingerprint density at radius 3 is 2.53 bits per heavy atom. The molecule has 6 rings (SSSR count). The van der Waals surface area contributed by atoms with Crippen molar-refractivity contribution in [1.29, 1.82) is 0 Å². The number of nitrogens with one attached hydrogen (secondary N) is 1. The Bertz CT molecular complexity index is 1620. The zero-order valence-corrected chi connectivity index (χ0v) is 22.8. The van der Waals surface area contributed by atoms with Crippen molar-refractivity contribution in [3.05, 3.63) is 82.1 Å². The summed E-state index contributed by atoms with van der Waals surface area (Å²) in [6.45, 7) is 10.8. The molecule has 1 unspecified atom stereocenters. The van der Waals surface area contributed by atoms with Gasteiger partial charge < -0.3 is 4.90 Å². The highest BCUT2D eigenvalue weighted by molar-refractivity contribution is 5.80. The van der Waals surface area contributed by atoms with E-state index in [0.717, 1.165) is 71.9 Å². The third-order valence-corrected chi connectivity index (χ3v) is 7.79. The highest BCUT2D eigenvalue weighted by Crippen LogP contribution is 2.45. The van der Waals surface area contributed by atoms with Crippen molar-refractivity contribution in [2.24, 2.45) is 0 Å². The SMILES string of the molecule is CCCC(c1nn[nH]n1)N1c2ccccc2CCc2c1ccc(-n1c(CC)nc3c(C)cc(C)nc31)c2C. The molecule has 194 valence electrons. The summed E-state index contributed by atoms with van der Waals surface area (Å²) in [4.78, 5) is 12.4. The van der Waals surface area contributed by atoms with Gasteiger partial charge in [0.1, 0.15) is 11.3 Å². The number of anilines is 2. The van der Waals surface area contributed by atoms with Gasteiger partial charge in [-0.3, -0.25) is 4.57 Å². The van der Waals surface area contributed by atoms with Crippen LogP contribution in [0.5, 0.6) is 0 Å². The van der Waals surface area contributed by atoms with Crippen molar-refractivity contribution in [3.8, 4) is 5.69 Å². The van der Waals surface area contributed by atoms with Crippen LogP contribution < -0.4 is 4.90 Å². The fourth-order valence-corrected chi connectivity index (χ4v) is 6.05. The number of benzene rings is 2. The molecule has 1 N–H and O–H groups in total. The summed E-state index contributed by atoms with van der Waals surface area (Å²) in [6, 6.07) is 15.3. The quantitative estimate of drug-likeness (QED) is 0.295. The predicted octanol–water partition coefficient (Wildman–Crippen LogP) is 6.20. The van der Waals surface area contributed by atoms with E-state index in [1.54, 1.807) is 0 Å². The average Bonchev–Trinajstić information content (AvgIpc) is 3.53. The third-order valence-electron chi connectivity index (χ3n) is 7.79. The first kappa shape index (κ1) is 24.3. The molecule has 2 aromatic carbocycles. The molecule has 1 aliphatic heterocycles. The van der Waals surface area contributed by atoms with Crippen LogP contribution in [-0.2, 0) is 19.3 Å². The zero-order valence-electron chi connectivity index (χ0n) is 22.8. The van der Waals surface area contributed by atoms with Crippen molar-refractivity contribution in [3.63, 3.8) is 0 Å². The van der Waals surface area contributed by atoms with E-state index in [-0.39, 0.29) is 6.04 Å². The number of nitrogens with zero attached hydrogens (tertiary/aromatic N) is 7. The van der Waals surface area contributed by atoms with Crippen LogP contribution in [0.1, 0.15) is 72.3 Å². The van der Waals surface area contributed by atoms with Crippen molar-refractivity contribution < 1.29 is 0 Å². The molecule has 8 heteroatoms. The van der Waals surface area contributed by atoms with E-state index in [1.807, 2.05) is 0 Å². The van der Waals surface area contributed by atoms with Gasteiger partial charge in [0.05, 0.1) is 11.7 Å². The van der Waals surface area contributed by atoms with Gasteiger partial charge in [-0.25, -0.2) is 9.97 Å². The zero-order chi connectivity index (χ0) is 26.4. The maximum absolute atomic E-state index is 5.02. The molecule has 38 heavy (non-hydrogen) atoms. The molecule has 8 nitrogen and oxygen atoms in total. The number of tetrazole rings is 1. The maximum Gasteiger partial charge on any atom is 0.197 e. The lowest BCUT2D eigenvalue weighted by atomic mass is 9.98. The van der Waals surface area contributed by atoms with Gasteiger partial charge in [-0.2, -0.15) is 5.21 Å². The first-order valence-corrected chi connectivity index (χ1v) is 13.6. The minimum Gasteiger partial charge on any atom is -0.330 e. The van der Waals surface area contributed by atoms with Crippen molar-refractivity contribution in [2.45, 2.75) is 72.8 Å². The number of hydrogen-bond donors (Lipinski definition) is 1. The van der Waals surface area contributed by atoms with Gasteiger partial charge in [-0.1, -0.05) is 43.7 Å². The van der Waals surface area contributed by atoms with Gasteiger partial charge in [0, 0.05) is 23.5 Å². The lowest BCUT2D eigenvalue weighted by Crippen LogP contribution is -2.26. The summed E-state index contributed by atoms with van der Waals surface area (Å²) in [7, 11) is 0. The minimum absolute atomic E-state index is 0.0192. The van der Waals surface area contributed by atoms with Crippen LogP contribution in [0.15, 0.2) is 42.5 Å². The molecule has 0 radical (unpaired) electrons. The second kappa shape index (κ2) is 9.67. The van der Waals surface area contributed by atoms with Crippen LogP contribution in [0.4, 0.5) is 11.4 Å². The summed E-state index contributed by atoms with van der Waals surface area (Å²) < 4.78 is 2.27. The number of H-pyrrole nitrogens is 1. The van der Waals surface area contributed by atoms with Crippen molar-refractivity contribution in [2.75, 3.05) is 4.90 Å². The molecule has 5 aromatic rings. The van der Waals surface area contributed by atoms with E-state index < -0.39 is 0 Å². The lowest BCUT2D eigenvalue weighted by molar-refractivity contribution is 0.587. The summed E-state index contributed by atoms with van der Waals surface area (Å²) in [5.41, 5.74) is 11.6. The Balaban J connectivity index is 1.59. The van der Waals surface area contributed by atoms with Gasteiger partial charge in [0.2, 0.25) is 0 Å². The van der Waals surface area contributed by atoms with Gasteiger partial charge in [-0.05, 0) is 86.6 Å². The second-order valence-electron chi connectivity index (χ2n) is 10.3. The number of hydrogen-bond acceptors (Lipinski definition) is 6. The Kier molecular flexibility index (Phi) is 6.18. The molecule has 1 aliphatic rings. The molecule has 0 spiro atoms. The standard InChI is InChI=1S/C30H34N8/c1-6-10-26(29-33-35-36-34-29)37-24-12-9-8-11-21(24)13-14-22-20(5)23(15-16-25(22)37)38-27(7-2)32-28-18(3)17-19(4)31-30(28)38/h8-9,11-12,15-17,26H,6-7,10,13-14H2,1-5H3,(H,33,34,35,36). The van der Waals surface area contributed by atoms with E-state index >= 15 is 0 Å². The van der Waals surface area contributed by atoms with Crippen LogP contribution >= 0.6 is 0 Å². The molecule has 1 atom stereocenters. The van der Waals surface area contributed by atoms with Crippen LogP contribution in [0, 0.1) is 20.8 Å². The summed E-state index contributed by atoms with van der Waals surface area (Å²) in [6.07, 6.45) is 4.68. The Morgan fingerprint density at radius 1 is 0.947 bits per heavy atom. The molecule has 0 aliphatic carbocycles. The van der Waals surface area contributed by atoms with Crippen LogP contribution in [0.25, 0.3) is 16.9 Å². The molecule has 4 heterocycles. The molecule has 0 saturated carbocycles. The number of aryl methyl sites for hydroxylation is 4. The third kappa shape index (κ3) is 3.86. The van der Waals surface area contributed by atoms with E-state index in [0.29, 0.717) is 0 Å². The topological polar surface area (TPSA) is 88.4 Å². The number of fused-ring (bicyclic) bond motifs is 3. The number of pyridine rings is 1. The van der Waals surface area contributed by atoms with Gasteiger partial charge >= 0.3 is 0 Å². The molecule has 0 amide bonds. The Labute approximate surface area is 223 Å². The summed E-state index contributed by atoms with van der Waals surface area (Å²) >= 11 is 0. The number of aromatic amines is 1. The van der Waals surface area contributed by atoms with E-state index in [9.17, 15) is 0 Å². The smallest absolute Gasteiger partial charge is 0.197 e. The normalized spacial score (nSPS) is 13.9. The van der Waals surface area contributed by atoms with Gasteiger partial charge in [-0.15, -0.1) is 10.2 Å². The first-order chi connectivity index (χ1) is 18.5. The number of para-hydroxylation sites is 1. The second-order valence-corrected chi connectivity index (χ2v) is 10.3. The van der Waals surface area contributed by atoms with Crippen LogP contribution in [0.2, 0.25) is 0 Å². The molecule has 0 bridgehead atoms. The summed E-state index contributed by atoms with van der Waals surface area (Å²) in [5.74, 6) is 1.76. The maximum atomic E-state index is 5.02. The fourth-order valence-electron chi connectivity index (χ4n) is 6.05. The predicted molar refractivity (Wildman–Crippen MR) is 150 cm³/mol. The molecular weight excluding hydrogens is 472 g/mol. The van der Waals surface area contributed by atoms with E-state index in [1.165, 1.54) is 28.1 Å². The largest absolute Gasteiger partial charge is 0.330 e. The number of imidazole rings is 1. The molecule has 0 saturated heterocycles. The van der Waals surface area contributed by atoms with Crippen molar-refractivity contribution in [1.82, 2.24) is 35.2 Å². The highest BCUT2D eigenvalue weighted by atomic mass is 15.5. The van der Waals surface area contributed by atoms with Crippen molar-refractivity contribution >= 4 is 22.5 Å². The number of rotatable bonds is 6. The fraction of sp³-hybridized carbons (Fsp3) is 0.367. The molecule has 3 aromatic heterocycles. The minimum atomic E-state index is -0.0192. The Hall–Kier alpha value is -4.07. The monoisotopic (exact) mass is 506 g/mol. The van der Waals surface area contributed by atoms with Gasteiger partial charge in [0.15, 0.2) is 11.5 Å². The van der Waals surface area contributed by atoms with E-state index in [2.05, 4.69) is 107 Å². The van der Waals surface area contributed by atoms with Crippen LogP contribution in [-0.4, -0.2) is 35.2 Å². The molecular formula is C30H34N8. The van der Waals surface area contributed by atoms with Crippen LogP contribution in [0.3, 0.4) is 0 Å². The first-order valence-electron chi connectivity index (χ1n) is 13.6.